The molecule has 2 aromatic rings. The zero-order valence-electron chi connectivity index (χ0n) is 13.7. The first kappa shape index (κ1) is 16.7. The van der Waals surface area contributed by atoms with E-state index in [1.807, 2.05) is 32.0 Å². The van der Waals surface area contributed by atoms with Gasteiger partial charge in [-0.25, -0.2) is 0 Å². The van der Waals surface area contributed by atoms with Crippen molar-refractivity contribution in [1.82, 2.24) is 0 Å². The normalized spacial score (nSPS) is 10.2. The fourth-order valence-corrected chi connectivity index (χ4v) is 2.10. The van der Waals surface area contributed by atoms with E-state index in [1.165, 1.54) is 0 Å². The van der Waals surface area contributed by atoms with Crippen LogP contribution in [0.4, 0.5) is 11.4 Å². The Kier molecular flexibility index (Phi) is 5.46. The molecule has 0 bridgehead atoms. The summed E-state index contributed by atoms with van der Waals surface area (Å²) in [5, 5.41) is 2.77. The van der Waals surface area contributed by atoms with Crippen molar-refractivity contribution in [3.05, 3.63) is 47.5 Å². The van der Waals surface area contributed by atoms with Crippen LogP contribution in [0.2, 0.25) is 0 Å². The van der Waals surface area contributed by atoms with Crippen LogP contribution in [0.15, 0.2) is 36.4 Å². The highest BCUT2D eigenvalue weighted by atomic mass is 16.5. The monoisotopic (exact) mass is 314 g/mol. The number of hydrogen-bond acceptors (Lipinski definition) is 4. The van der Waals surface area contributed by atoms with Crippen LogP contribution in [0, 0.1) is 13.8 Å². The number of carbonyl (C=O) groups is 1. The summed E-state index contributed by atoms with van der Waals surface area (Å²) < 4.78 is 10.8. The number of hydrogen-bond donors (Lipinski definition) is 2. The molecule has 0 aliphatic rings. The SMILES string of the molecule is COc1ccc(N)c(NC(=O)CCOc2cc(C)ccc2C)c1. The summed E-state index contributed by atoms with van der Waals surface area (Å²) in [6.45, 7) is 4.29. The molecule has 2 rings (SSSR count). The first-order valence-corrected chi connectivity index (χ1v) is 7.43. The molecule has 3 N–H and O–H groups in total. The van der Waals surface area contributed by atoms with Crippen LogP contribution < -0.4 is 20.5 Å². The smallest absolute Gasteiger partial charge is 0.227 e. The summed E-state index contributed by atoms with van der Waals surface area (Å²) >= 11 is 0. The van der Waals surface area contributed by atoms with E-state index in [0.29, 0.717) is 23.7 Å². The molecule has 1 amide bonds. The van der Waals surface area contributed by atoms with Gasteiger partial charge in [0, 0.05) is 6.07 Å². The molecule has 0 radical (unpaired) electrons. The summed E-state index contributed by atoms with van der Waals surface area (Å²) in [6, 6.07) is 11.1. The lowest BCUT2D eigenvalue weighted by molar-refractivity contribution is -0.116. The van der Waals surface area contributed by atoms with Gasteiger partial charge in [-0.3, -0.25) is 4.79 Å². The summed E-state index contributed by atoms with van der Waals surface area (Å²) in [4.78, 5) is 12.0. The second-order valence-corrected chi connectivity index (χ2v) is 5.37. The number of anilines is 2. The largest absolute Gasteiger partial charge is 0.497 e. The van der Waals surface area contributed by atoms with Crippen LogP contribution in [0.1, 0.15) is 17.5 Å². The molecule has 0 aliphatic carbocycles. The maximum absolute atomic E-state index is 12.0. The molecule has 122 valence electrons. The van der Waals surface area contributed by atoms with Gasteiger partial charge in [-0.15, -0.1) is 0 Å². The number of nitrogens with one attached hydrogen (secondary N) is 1. The molecule has 5 heteroatoms. The van der Waals surface area contributed by atoms with Crippen LogP contribution in [0.3, 0.4) is 0 Å². The van der Waals surface area contributed by atoms with E-state index >= 15 is 0 Å². The Balaban J connectivity index is 1.89. The molecule has 2 aromatic carbocycles. The van der Waals surface area contributed by atoms with Crippen molar-refractivity contribution in [2.24, 2.45) is 0 Å². The number of amides is 1. The van der Waals surface area contributed by atoms with Crippen molar-refractivity contribution >= 4 is 17.3 Å². The average molecular weight is 314 g/mol. The van der Waals surface area contributed by atoms with E-state index in [1.54, 1.807) is 25.3 Å². The quantitative estimate of drug-likeness (QED) is 0.802. The number of carbonyl (C=O) groups excluding carboxylic acids is 1. The Morgan fingerprint density at radius 2 is 1.96 bits per heavy atom. The molecule has 0 fully saturated rings. The van der Waals surface area contributed by atoms with Gasteiger partial charge < -0.3 is 20.5 Å². The van der Waals surface area contributed by atoms with E-state index in [-0.39, 0.29) is 12.3 Å². The van der Waals surface area contributed by atoms with E-state index in [4.69, 9.17) is 15.2 Å². The first-order chi connectivity index (χ1) is 11.0. The van der Waals surface area contributed by atoms with E-state index in [9.17, 15) is 4.79 Å². The number of ether oxygens (including phenoxy) is 2. The van der Waals surface area contributed by atoms with Crippen molar-refractivity contribution in [2.75, 3.05) is 24.8 Å². The van der Waals surface area contributed by atoms with Gasteiger partial charge in [0.05, 0.1) is 31.5 Å². The Morgan fingerprint density at radius 3 is 2.70 bits per heavy atom. The molecule has 0 unspecified atom stereocenters. The molecule has 0 saturated carbocycles. The molecular weight excluding hydrogens is 292 g/mol. The van der Waals surface area contributed by atoms with E-state index < -0.39 is 0 Å². The van der Waals surface area contributed by atoms with Crippen molar-refractivity contribution in [3.63, 3.8) is 0 Å². The fourth-order valence-electron chi connectivity index (χ4n) is 2.10. The third-order valence-corrected chi connectivity index (χ3v) is 3.46. The van der Waals surface area contributed by atoms with Gasteiger partial charge in [-0.2, -0.15) is 0 Å². The fraction of sp³-hybridized carbons (Fsp3) is 0.278. The summed E-state index contributed by atoms with van der Waals surface area (Å²) in [5.41, 5.74) is 9.06. The summed E-state index contributed by atoms with van der Waals surface area (Å²) in [6.07, 6.45) is 0.240. The van der Waals surface area contributed by atoms with Crippen LogP contribution in [0.5, 0.6) is 11.5 Å². The maximum Gasteiger partial charge on any atom is 0.227 e. The topological polar surface area (TPSA) is 73.6 Å². The number of rotatable bonds is 6. The van der Waals surface area contributed by atoms with Crippen molar-refractivity contribution in [2.45, 2.75) is 20.3 Å². The van der Waals surface area contributed by atoms with Crippen LogP contribution in [-0.2, 0) is 4.79 Å². The third-order valence-electron chi connectivity index (χ3n) is 3.46. The predicted octanol–water partition coefficient (Wildman–Crippen LogP) is 3.30. The maximum atomic E-state index is 12.0. The standard InChI is InChI=1S/C18H22N2O3/c1-12-4-5-13(2)17(10-12)23-9-8-18(21)20-16-11-14(22-3)6-7-15(16)19/h4-7,10-11H,8-9,19H2,1-3H3,(H,20,21). The average Bonchev–Trinajstić information content (AvgIpc) is 2.53. The number of nitrogen functional groups attached to an aromatic ring is 1. The minimum Gasteiger partial charge on any atom is -0.497 e. The van der Waals surface area contributed by atoms with Crippen LogP contribution in [0.25, 0.3) is 0 Å². The molecule has 0 saturated heterocycles. The van der Waals surface area contributed by atoms with Gasteiger partial charge in [0.2, 0.25) is 5.91 Å². The van der Waals surface area contributed by atoms with Gasteiger partial charge in [-0.1, -0.05) is 12.1 Å². The van der Waals surface area contributed by atoms with E-state index in [2.05, 4.69) is 5.32 Å². The van der Waals surface area contributed by atoms with Gasteiger partial charge in [0.1, 0.15) is 11.5 Å². The van der Waals surface area contributed by atoms with Crippen LogP contribution in [-0.4, -0.2) is 19.6 Å². The third kappa shape index (κ3) is 4.64. The Bertz CT molecular complexity index is 699. The summed E-state index contributed by atoms with van der Waals surface area (Å²) in [5.74, 6) is 1.29. The number of aryl methyl sites for hydroxylation is 2. The van der Waals surface area contributed by atoms with Gasteiger partial charge >= 0.3 is 0 Å². The number of nitrogens with two attached hydrogens (primary N) is 1. The van der Waals surface area contributed by atoms with E-state index in [0.717, 1.165) is 16.9 Å². The lowest BCUT2D eigenvalue weighted by Crippen LogP contribution is -2.16. The number of benzene rings is 2. The lowest BCUT2D eigenvalue weighted by atomic mass is 10.1. The van der Waals surface area contributed by atoms with Gasteiger partial charge in [0.25, 0.3) is 0 Å². The highest BCUT2D eigenvalue weighted by molar-refractivity contribution is 5.94. The minimum absolute atomic E-state index is 0.157. The molecular formula is C18H22N2O3. The van der Waals surface area contributed by atoms with Gasteiger partial charge in [-0.05, 0) is 43.2 Å². The Morgan fingerprint density at radius 1 is 1.17 bits per heavy atom. The van der Waals surface area contributed by atoms with Crippen molar-refractivity contribution < 1.29 is 14.3 Å². The highest BCUT2D eigenvalue weighted by Gasteiger charge is 2.08. The zero-order valence-corrected chi connectivity index (χ0v) is 13.7. The molecule has 5 nitrogen and oxygen atoms in total. The molecule has 0 heterocycles. The number of methoxy groups -OCH3 is 1. The molecule has 0 spiro atoms. The van der Waals surface area contributed by atoms with Crippen LogP contribution >= 0.6 is 0 Å². The zero-order chi connectivity index (χ0) is 16.8. The second kappa shape index (κ2) is 7.54. The first-order valence-electron chi connectivity index (χ1n) is 7.43. The molecule has 0 aromatic heterocycles. The van der Waals surface area contributed by atoms with Gasteiger partial charge in [0.15, 0.2) is 0 Å². The minimum atomic E-state index is -0.157. The summed E-state index contributed by atoms with van der Waals surface area (Å²) in [7, 11) is 1.56. The highest BCUT2D eigenvalue weighted by Crippen LogP contribution is 2.24. The molecule has 23 heavy (non-hydrogen) atoms. The molecule has 0 aliphatic heterocycles. The predicted molar refractivity (Wildman–Crippen MR) is 92.1 cm³/mol. The Hall–Kier alpha value is -2.69. The van der Waals surface area contributed by atoms with Crippen molar-refractivity contribution in [1.29, 1.82) is 0 Å². The van der Waals surface area contributed by atoms with Crippen molar-refractivity contribution in [3.8, 4) is 11.5 Å². The molecule has 0 atom stereocenters. The second-order valence-electron chi connectivity index (χ2n) is 5.37. The lowest BCUT2D eigenvalue weighted by Gasteiger charge is -2.12. The Labute approximate surface area is 136 Å².